The Hall–Kier alpha value is -3.45. The third-order valence-corrected chi connectivity index (χ3v) is 7.40. The van der Waals surface area contributed by atoms with E-state index in [0.717, 1.165) is 48.8 Å². The Morgan fingerprint density at radius 1 is 1.12 bits per heavy atom. The summed E-state index contributed by atoms with van der Waals surface area (Å²) in [6.45, 7) is 8.64. The van der Waals surface area contributed by atoms with E-state index in [2.05, 4.69) is 64.5 Å². The minimum Gasteiger partial charge on any atom is -0.354 e. The van der Waals surface area contributed by atoms with Crippen LogP contribution in [-0.2, 0) is 17.9 Å². The lowest BCUT2D eigenvalue weighted by molar-refractivity contribution is -0.121. The molecule has 1 aliphatic heterocycles. The van der Waals surface area contributed by atoms with E-state index in [1.807, 2.05) is 49.3 Å². The Bertz CT molecular complexity index is 1220. The van der Waals surface area contributed by atoms with E-state index in [9.17, 15) is 14.5 Å². The molecule has 12 nitrogen and oxygen atoms in total. The second-order valence-electron chi connectivity index (χ2n) is 11.7. The van der Waals surface area contributed by atoms with Crippen LogP contribution >= 0.6 is 0 Å². The van der Waals surface area contributed by atoms with Gasteiger partial charge in [0.05, 0.1) is 5.69 Å². The average Bonchev–Trinajstić information content (AvgIpc) is 3.42. The molecule has 0 fully saturated rings. The Morgan fingerprint density at radius 3 is 2.60 bits per heavy atom. The van der Waals surface area contributed by atoms with Crippen molar-refractivity contribution < 1.29 is 9.59 Å². The number of nitroso groups, excluding NO2 is 1. The Balaban J connectivity index is 1.67. The lowest BCUT2D eigenvalue weighted by Gasteiger charge is -2.23. The monoisotopic (exact) mass is 595 g/mol. The van der Waals surface area contributed by atoms with Gasteiger partial charge in [0.2, 0.25) is 5.91 Å². The minimum absolute atomic E-state index is 0.155. The molecule has 0 bridgehead atoms. The van der Waals surface area contributed by atoms with E-state index < -0.39 is 6.04 Å². The van der Waals surface area contributed by atoms with Crippen molar-refractivity contribution in [2.75, 3.05) is 65.9 Å². The summed E-state index contributed by atoms with van der Waals surface area (Å²) in [6, 6.07) is 9.88. The van der Waals surface area contributed by atoms with Gasteiger partial charge in [-0.25, -0.2) is 10.4 Å². The number of nitrogens with one attached hydrogen (secondary N) is 4. The van der Waals surface area contributed by atoms with E-state index in [-0.39, 0.29) is 30.8 Å². The summed E-state index contributed by atoms with van der Waals surface area (Å²) in [5.74, 6) is 0.416. The van der Waals surface area contributed by atoms with Gasteiger partial charge >= 0.3 is 0 Å². The normalized spacial score (nSPS) is 13.5. The number of aromatic nitrogens is 1. The standard InChI is InChI=1S/C31H49N9O3/c1-22(2)40-30-27(20-35-40)26(18-28(36-30)24-10-7-9-23(17-24)21-39(6)16-14-32-3)31(42)33-13-8-11-29(41)34-19-25(37-43)12-15-38(4)5/h7,9-10,17-18,22,25,32,35H,8,11-16,19-21H2,1-6H3,(H,33,42)(H,34,41). The predicted octanol–water partition coefficient (Wildman–Crippen LogP) is 2.35. The van der Waals surface area contributed by atoms with Crippen molar-refractivity contribution >= 4 is 17.6 Å². The number of carbonyl (C=O) groups excluding carboxylic acids is 2. The smallest absolute Gasteiger partial charge is 0.251 e. The van der Waals surface area contributed by atoms with Crippen molar-refractivity contribution in [2.24, 2.45) is 5.18 Å². The molecular formula is C31H49N9O3. The number of rotatable bonds is 18. The highest BCUT2D eigenvalue weighted by molar-refractivity contribution is 5.98. The molecule has 1 unspecified atom stereocenters. The van der Waals surface area contributed by atoms with Gasteiger partial charge in [-0.3, -0.25) is 14.6 Å². The maximum absolute atomic E-state index is 13.5. The zero-order valence-corrected chi connectivity index (χ0v) is 26.6. The predicted molar refractivity (Wildman–Crippen MR) is 172 cm³/mol. The number of hydrazine groups is 1. The van der Waals surface area contributed by atoms with Crippen LogP contribution in [0.1, 0.15) is 54.6 Å². The van der Waals surface area contributed by atoms with Crippen molar-refractivity contribution in [1.29, 1.82) is 0 Å². The lowest BCUT2D eigenvalue weighted by Crippen LogP contribution is -2.38. The van der Waals surface area contributed by atoms with Crippen LogP contribution in [0.15, 0.2) is 35.5 Å². The van der Waals surface area contributed by atoms with Crippen LogP contribution in [0.3, 0.4) is 0 Å². The number of amides is 2. The van der Waals surface area contributed by atoms with E-state index in [1.54, 1.807) is 0 Å². The molecular weight excluding hydrogens is 546 g/mol. The van der Waals surface area contributed by atoms with Gasteiger partial charge in [0.1, 0.15) is 11.9 Å². The maximum Gasteiger partial charge on any atom is 0.251 e. The zero-order chi connectivity index (χ0) is 31.4. The summed E-state index contributed by atoms with van der Waals surface area (Å²) in [6.07, 6.45) is 1.32. The topological polar surface area (TPSA) is 134 Å². The van der Waals surface area contributed by atoms with Gasteiger partial charge in [0.25, 0.3) is 5.91 Å². The van der Waals surface area contributed by atoms with Crippen molar-refractivity contribution in [3.05, 3.63) is 51.9 Å². The van der Waals surface area contributed by atoms with Crippen LogP contribution in [0.2, 0.25) is 0 Å². The molecule has 2 amide bonds. The fraction of sp³-hybridized carbons (Fsp3) is 0.581. The molecule has 0 saturated carbocycles. The molecule has 2 heterocycles. The molecule has 1 aliphatic rings. The number of carbonyl (C=O) groups is 2. The molecule has 4 N–H and O–H groups in total. The Labute approximate surface area is 255 Å². The first kappa shape index (κ1) is 34.0. The molecule has 1 aromatic carbocycles. The highest BCUT2D eigenvalue weighted by atomic mass is 16.3. The third-order valence-electron chi connectivity index (χ3n) is 7.40. The first-order valence-corrected chi connectivity index (χ1v) is 15.1. The summed E-state index contributed by atoms with van der Waals surface area (Å²) >= 11 is 0. The number of fused-ring (bicyclic) bond motifs is 1. The highest BCUT2D eigenvalue weighted by Crippen LogP contribution is 2.32. The molecule has 3 rings (SSSR count). The second-order valence-corrected chi connectivity index (χ2v) is 11.7. The summed E-state index contributed by atoms with van der Waals surface area (Å²) < 4.78 is 0. The number of anilines is 1. The Morgan fingerprint density at radius 2 is 1.91 bits per heavy atom. The van der Waals surface area contributed by atoms with E-state index in [4.69, 9.17) is 4.98 Å². The molecule has 1 atom stereocenters. The van der Waals surface area contributed by atoms with Crippen LogP contribution in [0.5, 0.6) is 0 Å². The quantitative estimate of drug-likeness (QED) is 0.151. The van der Waals surface area contributed by atoms with Crippen LogP contribution in [-0.4, -0.2) is 99.6 Å². The van der Waals surface area contributed by atoms with Gasteiger partial charge in [-0.2, -0.15) is 4.91 Å². The first-order valence-electron chi connectivity index (χ1n) is 15.1. The number of nitrogens with zero attached hydrogens (tertiary/aromatic N) is 5. The lowest BCUT2D eigenvalue weighted by atomic mass is 10.0. The molecule has 43 heavy (non-hydrogen) atoms. The number of likely N-dealkylation sites (N-methyl/N-ethyl adjacent to an activating group) is 2. The van der Waals surface area contributed by atoms with Crippen LogP contribution in [0, 0.1) is 4.91 Å². The molecule has 0 spiro atoms. The number of benzene rings is 1. The number of hydrogen-bond acceptors (Lipinski definition) is 10. The van der Waals surface area contributed by atoms with E-state index in [1.165, 1.54) is 5.56 Å². The molecule has 0 aliphatic carbocycles. The van der Waals surface area contributed by atoms with Gasteiger partial charge in [0, 0.05) is 68.4 Å². The summed E-state index contributed by atoms with van der Waals surface area (Å²) in [7, 11) is 7.91. The average molecular weight is 596 g/mol. The molecule has 0 radical (unpaired) electrons. The summed E-state index contributed by atoms with van der Waals surface area (Å²) in [5, 5.41) is 14.1. The fourth-order valence-electron chi connectivity index (χ4n) is 4.94. The van der Waals surface area contributed by atoms with Gasteiger partial charge in [-0.15, -0.1) is 0 Å². The van der Waals surface area contributed by atoms with Crippen molar-refractivity contribution in [1.82, 2.24) is 36.2 Å². The maximum atomic E-state index is 13.5. The fourth-order valence-corrected chi connectivity index (χ4v) is 4.94. The number of hydrogen-bond donors (Lipinski definition) is 4. The van der Waals surface area contributed by atoms with E-state index in [0.29, 0.717) is 31.5 Å². The van der Waals surface area contributed by atoms with Crippen molar-refractivity contribution in [3.63, 3.8) is 0 Å². The molecule has 12 heteroatoms. The molecule has 0 saturated heterocycles. The Kier molecular flexibility index (Phi) is 13.5. The summed E-state index contributed by atoms with van der Waals surface area (Å²) in [5.41, 5.74) is 7.69. The molecule has 236 valence electrons. The molecule has 1 aromatic heterocycles. The van der Waals surface area contributed by atoms with Gasteiger partial charge < -0.3 is 25.8 Å². The van der Waals surface area contributed by atoms with Crippen molar-refractivity contribution in [2.45, 2.75) is 58.3 Å². The van der Waals surface area contributed by atoms with Crippen LogP contribution < -0.4 is 26.4 Å². The summed E-state index contributed by atoms with van der Waals surface area (Å²) in [4.78, 5) is 46.1. The van der Waals surface area contributed by atoms with Gasteiger partial charge in [-0.1, -0.05) is 23.4 Å². The number of pyridine rings is 1. The first-order chi connectivity index (χ1) is 20.6. The molecule has 2 aromatic rings. The second kappa shape index (κ2) is 17.0. The van der Waals surface area contributed by atoms with Crippen LogP contribution in [0.4, 0.5) is 5.82 Å². The van der Waals surface area contributed by atoms with Crippen molar-refractivity contribution in [3.8, 4) is 11.3 Å². The van der Waals surface area contributed by atoms with Gasteiger partial charge in [0.15, 0.2) is 0 Å². The van der Waals surface area contributed by atoms with Gasteiger partial charge in [-0.05, 0) is 79.1 Å². The third kappa shape index (κ3) is 10.3. The SMILES string of the molecule is CNCCN(C)Cc1cccc(-c2cc(C(=O)NCCCC(=O)NCC(CCN(C)C)N=O)c3c(n2)N(C(C)C)NC3)c1. The minimum atomic E-state index is -0.451. The largest absolute Gasteiger partial charge is 0.354 e. The van der Waals surface area contributed by atoms with E-state index >= 15 is 0 Å². The zero-order valence-electron chi connectivity index (χ0n) is 26.6. The van der Waals surface area contributed by atoms with Crippen LogP contribution in [0.25, 0.3) is 11.3 Å². The highest BCUT2D eigenvalue weighted by Gasteiger charge is 2.29.